The first-order valence-electron chi connectivity index (χ1n) is 14.7. The molecule has 0 aliphatic rings. The van der Waals surface area contributed by atoms with Crippen molar-refractivity contribution in [2.24, 2.45) is 0 Å². The Morgan fingerprint density at radius 1 is 0.444 bits per heavy atom. The zero-order chi connectivity index (χ0) is 30.2. The van der Waals surface area contributed by atoms with Crippen molar-refractivity contribution in [3.8, 4) is 34.2 Å². The lowest BCUT2D eigenvalue weighted by molar-refractivity contribution is 0.592. The lowest BCUT2D eigenvalue weighted by Crippen LogP contribution is -2.25. The number of aromatic nitrogens is 3. The Kier molecular flexibility index (Phi) is 6.91. The Balaban J connectivity index is 1.46. The molecule has 0 spiro atoms. The number of thiophene rings is 1. The highest BCUT2D eigenvalue weighted by Crippen LogP contribution is 2.48. The van der Waals surface area contributed by atoms with E-state index in [9.17, 15) is 0 Å². The fraction of sp³-hybridized carbons (Fsp3) is 0. The van der Waals surface area contributed by atoms with Crippen LogP contribution in [-0.4, -0.2) is 15.0 Å². The normalized spacial score (nSPS) is 11.6. The van der Waals surface area contributed by atoms with Gasteiger partial charge in [-0.2, -0.15) is 0 Å². The maximum Gasteiger partial charge on any atom is 0.171 e. The van der Waals surface area contributed by atoms with E-state index in [1.165, 1.54) is 0 Å². The molecule has 0 radical (unpaired) electrons. The second-order valence-corrected chi connectivity index (χ2v) is 14.6. The summed E-state index contributed by atoms with van der Waals surface area (Å²) in [5.41, 5.74) is 2.61. The summed E-state index contributed by atoms with van der Waals surface area (Å²) in [6, 6.07) is 52.2. The molecule has 45 heavy (non-hydrogen) atoms. The van der Waals surface area contributed by atoms with Gasteiger partial charge in [0.2, 0.25) is 0 Å². The quantitative estimate of drug-likeness (QED) is 0.175. The van der Waals surface area contributed by atoms with Crippen molar-refractivity contribution in [2.75, 3.05) is 0 Å². The maximum absolute atomic E-state index is 15.9. The van der Waals surface area contributed by atoms with Gasteiger partial charge in [0, 0.05) is 52.8 Å². The largest absolute Gasteiger partial charge is 0.309 e. The molecular weight excluding hydrogens is 589 g/mol. The summed E-state index contributed by atoms with van der Waals surface area (Å²) in [7, 11) is -3.34. The number of hydrogen-bond donors (Lipinski definition) is 0. The fourth-order valence-electron chi connectivity index (χ4n) is 5.85. The van der Waals surface area contributed by atoms with Crippen LogP contribution in [0.1, 0.15) is 0 Å². The molecule has 0 N–H and O–H groups in total. The molecule has 0 fully saturated rings. The van der Waals surface area contributed by atoms with Crippen LogP contribution in [0.15, 0.2) is 158 Å². The van der Waals surface area contributed by atoms with Crippen molar-refractivity contribution in [3.63, 3.8) is 0 Å². The summed E-state index contributed by atoms with van der Waals surface area (Å²) in [6.45, 7) is 0. The Morgan fingerprint density at radius 3 is 1.42 bits per heavy atom. The molecule has 0 aliphatic heterocycles. The number of rotatable bonds is 6. The van der Waals surface area contributed by atoms with Crippen LogP contribution in [0, 0.1) is 0 Å². The van der Waals surface area contributed by atoms with Crippen LogP contribution in [0.4, 0.5) is 0 Å². The van der Waals surface area contributed by atoms with Gasteiger partial charge in [-0.25, -0.2) is 15.0 Å². The second-order valence-electron chi connectivity index (χ2n) is 10.8. The van der Waals surface area contributed by atoms with Crippen molar-refractivity contribution in [1.29, 1.82) is 0 Å². The van der Waals surface area contributed by atoms with Crippen LogP contribution in [0.2, 0.25) is 0 Å². The molecule has 8 rings (SSSR count). The summed E-state index contributed by atoms with van der Waals surface area (Å²) in [5.74, 6) is 1.72. The predicted octanol–water partition coefficient (Wildman–Crippen LogP) is 8.88. The molecule has 4 nitrogen and oxygen atoms in total. The van der Waals surface area contributed by atoms with E-state index in [4.69, 9.17) is 15.0 Å². The highest BCUT2D eigenvalue weighted by atomic mass is 32.1. The van der Waals surface area contributed by atoms with Gasteiger partial charge in [0.15, 0.2) is 24.6 Å². The summed E-state index contributed by atoms with van der Waals surface area (Å²) >= 11 is 1.70. The van der Waals surface area contributed by atoms with Gasteiger partial charge in [0.05, 0.1) is 0 Å². The van der Waals surface area contributed by atoms with Crippen LogP contribution >= 0.6 is 18.5 Å². The second kappa shape index (κ2) is 11.4. The minimum absolute atomic E-state index is 0.538. The molecule has 0 saturated carbocycles. The number of fused-ring (bicyclic) bond motifs is 3. The highest BCUT2D eigenvalue weighted by Gasteiger charge is 2.33. The van der Waals surface area contributed by atoms with Gasteiger partial charge in [-0.05, 0) is 18.2 Å². The fourth-order valence-corrected chi connectivity index (χ4v) is 10.0. The number of nitrogens with zero attached hydrogens (tertiary/aromatic N) is 3. The Hall–Kier alpha value is -5.22. The molecule has 0 bridgehead atoms. The van der Waals surface area contributed by atoms with Crippen LogP contribution < -0.4 is 15.9 Å². The lowest BCUT2D eigenvalue weighted by atomic mass is 10.1. The SMILES string of the molecule is O=P(c1ccccc1)(c1ccccc1)c1cc(-c2nc(-c3ccccc3)nc(-c3ccccc3)n2)cc2sc3ccccc3c12. The van der Waals surface area contributed by atoms with Gasteiger partial charge in [0.1, 0.15) is 0 Å². The van der Waals surface area contributed by atoms with Gasteiger partial charge in [-0.3, -0.25) is 0 Å². The smallest absolute Gasteiger partial charge is 0.171 e. The first-order chi connectivity index (χ1) is 22.2. The minimum Gasteiger partial charge on any atom is -0.309 e. The molecule has 0 amide bonds. The van der Waals surface area contributed by atoms with Crippen molar-refractivity contribution in [2.45, 2.75) is 0 Å². The Labute approximate surface area is 265 Å². The van der Waals surface area contributed by atoms with Crippen molar-refractivity contribution in [3.05, 3.63) is 158 Å². The third-order valence-electron chi connectivity index (χ3n) is 7.99. The van der Waals surface area contributed by atoms with E-state index in [-0.39, 0.29) is 0 Å². The van der Waals surface area contributed by atoms with E-state index in [1.807, 2.05) is 127 Å². The topological polar surface area (TPSA) is 55.7 Å². The summed E-state index contributed by atoms with van der Waals surface area (Å²) in [5, 5.41) is 4.46. The van der Waals surface area contributed by atoms with Crippen LogP contribution in [-0.2, 0) is 4.57 Å². The summed E-state index contributed by atoms with van der Waals surface area (Å²) < 4.78 is 18.1. The first kappa shape index (κ1) is 27.3. The van der Waals surface area contributed by atoms with Gasteiger partial charge < -0.3 is 4.57 Å². The van der Waals surface area contributed by atoms with Crippen molar-refractivity contribution >= 4 is 54.6 Å². The van der Waals surface area contributed by atoms with E-state index in [2.05, 4.69) is 30.3 Å². The Bertz CT molecular complexity index is 2240. The minimum atomic E-state index is -3.34. The van der Waals surface area contributed by atoms with Crippen LogP contribution in [0.5, 0.6) is 0 Å². The monoisotopic (exact) mass is 615 g/mol. The van der Waals surface area contributed by atoms with Crippen LogP contribution in [0.25, 0.3) is 54.3 Å². The Morgan fingerprint density at radius 2 is 0.889 bits per heavy atom. The van der Waals surface area contributed by atoms with E-state index in [0.717, 1.165) is 52.8 Å². The van der Waals surface area contributed by atoms with Gasteiger partial charge in [-0.15, -0.1) is 11.3 Å². The summed E-state index contributed by atoms with van der Waals surface area (Å²) in [4.78, 5) is 14.9. The maximum atomic E-state index is 15.9. The molecule has 0 atom stereocenters. The van der Waals surface area contributed by atoms with Crippen LogP contribution in [0.3, 0.4) is 0 Å². The van der Waals surface area contributed by atoms with Crippen molar-refractivity contribution in [1.82, 2.24) is 15.0 Å². The molecule has 214 valence electrons. The van der Waals surface area contributed by atoms with E-state index in [1.54, 1.807) is 11.3 Å². The molecule has 2 aromatic heterocycles. The molecule has 0 saturated heterocycles. The number of benzene rings is 6. The third-order valence-corrected chi connectivity index (χ3v) is 12.2. The van der Waals surface area contributed by atoms with Gasteiger partial charge in [-0.1, -0.05) is 140 Å². The molecule has 6 heteroatoms. The van der Waals surface area contributed by atoms with E-state index < -0.39 is 7.14 Å². The first-order valence-corrected chi connectivity index (χ1v) is 17.3. The molecular formula is C39H26N3OPS. The molecule has 0 aliphatic carbocycles. The molecule has 0 unspecified atom stereocenters. The average molecular weight is 616 g/mol. The number of hydrogen-bond acceptors (Lipinski definition) is 5. The zero-order valence-electron chi connectivity index (χ0n) is 24.1. The molecule has 2 heterocycles. The third kappa shape index (κ3) is 4.87. The molecule has 6 aromatic carbocycles. The van der Waals surface area contributed by atoms with Crippen molar-refractivity contribution < 1.29 is 4.57 Å². The standard InChI is InChI=1S/C39H26N3OPS/c43-44(30-19-9-3-10-20-30,31-21-11-4-12-22-31)33-25-29(26-35-36(33)32-23-13-14-24-34(32)45-35)39-41-37(27-15-5-1-6-16-27)40-38(42-39)28-17-7-2-8-18-28/h1-26H. The average Bonchev–Trinajstić information content (AvgIpc) is 3.51. The molecule has 8 aromatic rings. The summed E-state index contributed by atoms with van der Waals surface area (Å²) in [6.07, 6.45) is 0. The van der Waals surface area contributed by atoms with E-state index >= 15 is 4.57 Å². The van der Waals surface area contributed by atoms with E-state index in [0.29, 0.717) is 17.5 Å². The highest BCUT2D eigenvalue weighted by molar-refractivity contribution is 7.85. The predicted molar refractivity (Wildman–Crippen MR) is 188 cm³/mol. The van der Waals surface area contributed by atoms with Gasteiger partial charge in [0.25, 0.3) is 0 Å². The zero-order valence-corrected chi connectivity index (χ0v) is 25.8. The van der Waals surface area contributed by atoms with Gasteiger partial charge >= 0.3 is 0 Å². The lowest BCUT2D eigenvalue weighted by Gasteiger charge is -2.22.